The normalized spacial score (nSPS) is 12.1. The quantitative estimate of drug-likeness (QED) is 0.634. The number of carbonyl (C=O) groups is 1. The minimum Gasteiger partial charge on any atom is -0.376 e. The molecule has 128 valence electrons. The molecule has 0 aliphatic heterocycles. The molecule has 1 aromatic heterocycles. The van der Waals surface area contributed by atoms with Gasteiger partial charge in [0.15, 0.2) is 0 Å². The lowest BCUT2D eigenvalue weighted by Gasteiger charge is -2.21. The molecular formula is C19H19ClN4O. The van der Waals surface area contributed by atoms with Gasteiger partial charge in [-0.3, -0.25) is 9.78 Å². The van der Waals surface area contributed by atoms with E-state index in [0.717, 1.165) is 16.6 Å². The zero-order valence-corrected chi connectivity index (χ0v) is 14.5. The zero-order chi connectivity index (χ0) is 17.8. The highest BCUT2D eigenvalue weighted by Crippen LogP contribution is 2.28. The van der Waals surface area contributed by atoms with Crippen LogP contribution in [0.2, 0.25) is 5.02 Å². The Morgan fingerprint density at radius 3 is 2.76 bits per heavy atom. The van der Waals surface area contributed by atoms with E-state index in [-0.39, 0.29) is 6.04 Å². The molecule has 0 radical (unpaired) electrons. The number of likely N-dealkylation sites (N-methyl/N-ethyl adjacent to an activating group) is 1. The third-order valence-corrected chi connectivity index (χ3v) is 4.26. The van der Waals surface area contributed by atoms with E-state index in [1.54, 1.807) is 12.3 Å². The number of rotatable bonds is 6. The van der Waals surface area contributed by atoms with Crippen molar-refractivity contribution in [3.8, 4) is 0 Å². The number of nitrogens with zero attached hydrogens (tertiary/aromatic N) is 1. The van der Waals surface area contributed by atoms with Crippen LogP contribution in [0.5, 0.6) is 0 Å². The predicted octanol–water partition coefficient (Wildman–Crippen LogP) is 3.36. The molecule has 2 aromatic carbocycles. The van der Waals surface area contributed by atoms with Gasteiger partial charge < -0.3 is 16.4 Å². The molecule has 0 fully saturated rings. The number of hydrogen-bond acceptors (Lipinski definition) is 4. The number of carbonyl (C=O) groups excluding carboxylic acids is 1. The molecule has 0 bridgehead atoms. The molecule has 0 spiro atoms. The van der Waals surface area contributed by atoms with Crippen LogP contribution in [-0.2, 0) is 0 Å². The van der Waals surface area contributed by atoms with Gasteiger partial charge in [-0.1, -0.05) is 35.9 Å². The Bertz CT molecular complexity index is 913. The Balaban J connectivity index is 2.03. The van der Waals surface area contributed by atoms with Crippen molar-refractivity contribution in [3.05, 3.63) is 70.9 Å². The molecule has 1 atom stereocenters. The average Bonchev–Trinajstić information content (AvgIpc) is 2.61. The van der Waals surface area contributed by atoms with Gasteiger partial charge in [-0.2, -0.15) is 0 Å². The van der Waals surface area contributed by atoms with Crippen LogP contribution >= 0.6 is 11.6 Å². The monoisotopic (exact) mass is 354 g/mol. The predicted molar refractivity (Wildman–Crippen MR) is 102 cm³/mol. The maximum Gasteiger partial charge on any atom is 0.250 e. The fourth-order valence-corrected chi connectivity index (χ4v) is 3.07. The number of pyridine rings is 1. The van der Waals surface area contributed by atoms with Crippen LogP contribution in [0.3, 0.4) is 0 Å². The van der Waals surface area contributed by atoms with E-state index >= 15 is 0 Å². The fraction of sp³-hybridized carbons (Fsp3) is 0.158. The molecule has 0 saturated heterocycles. The number of hydrogen-bond donors (Lipinski definition) is 3. The van der Waals surface area contributed by atoms with E-state index in [0.29, 0.717) is 22.6 Å². The molecule has 1 heterocycles. The summed E-state index contributed by atoms with van der Waals surface area (Å²) < 4.78 is 0. The minimum absolute atomic E-state index is 0.00605. The molecule has 1 unspecified atom stereocenters. The Morgan fingerprint density at radius 2 is 2.04 bits per heavy atom. The summed E-state index contributed by atoms with van der Waals surface area (Å²) in [6.07, 6.45) is 1.67. The van der Waals surface area contributed by atoms with Crippen molar-refractivity contribution in [1.29, 1.82) is 0 Å². The van der Waals surface area contributed by atoms with Crippen LogP contribution in [-0.4, -0.2) is 24.5 Å². The first-order valence-electron chi connectivity index (χ1n) is 7.94. The number of halogens is 1. The average molecular weight is 355 g/mol. The number of anilines is 1. The molecule has 1 amide bonds. The van der Waals surface area contributed by atoms with Gasteiger partial charge in [-0.05, 0) is 36.9 Å². The first-order valence-corrected chi connectivity index (χ1v) is 8.32. The van der Waals surface area contributed by atoms with Crippen LogP contribution in [0.4, 0.5) is 5.69 Å². The fourth-order valence-electron chi connectivity index (χ4n) is 2.87. The van der Waals surface area contributed by atoms with Gasteiger partial charge in [-0.25, -0.2) is 0 Å². The van der Waals surface area contributed by atoms with Crippen molar-refractivity contribution in [3.63, 3.8) is 0 Å². The Hall–Kier alpha value is -2.63. The van der Waals surface area contributed by atoms with Crippen molar-refractivity contribution in [2.75, 3.05) is 18.9 Å². The van der Waals surface area contributed by atoms with Crippen molar-refractivity contribution in [2.45, 2.75) is 6.04 Å². The van der Waals surface area contributed by atoms with E-state index < -0.39 is 5.91 Å². The van der Waals surface area contributed by atoms with Crippen LogP contribution in [0.15, 0.2) is 54.7 Å². The summed E-state index contributed by atoms with van der Waals surface area (Å²) in [6.45, 7) is 0.708. The van der Waals surface area contributed by atoms with Gasteiger partial charge in [-0.15, -0.1) is 0 Å². The summed E-state index contributed by atoms with van der Waals surface area (Å²) in [5.41, 5.74) is 8.42. The second-order valence-corrected chi connectivity index (χ2v) is 6.17. The highest BCUT2D eigenvalue weighted by atomic mass is 35.5. The van der Waals surface area contributed by atoms with Gasteiger partial charge >= 0.3 is 0 Å². The SMILES string of the molecule is CNCC(Nc1ccnc2c(C(N)=O)cccc12)c1cccc(Cl)c1. The van der Waals surface area contributed by atoms with Gasteiger partial charge in [0.25, 0.3) is 5.91 Å². The molecule has 6 heteroatoms. The third-order valence-electron chi connectivity index (χ3n) is 4.03. The third kappa shape index (κ3) is 3.73. The molecule has 3 rings (SSSR count). The number of fused-ring (bicyclic) bond motifs is 1. The number of primary amides is 1. The van der Waals surface area contributed by atoms with E-state index in [4.69, 9.17) is 17.3 Å². The summed E-state index contributed by atoms with van der Waals surface area (Å²) in [5, 5.41) is 8.25. The van der Waals surface area contributed by atoms with Crippen LogP contribution in [0, 0.1) is 0 Å². The van der Waals surface area contributed by atoms with E-state index in [1.807, 2.05) is 49.5 Å². The van der Waals surface area contributed by atoms with Crippen molar-refractivity contribution in [2.24, 2.45) is 5.73 Å². The van der Waals surface area contributed by atoms with Crippen LogP contribution in [0.1, 0.15) is 22.0 Å². The molecule has 25 heavy (non-hydrogen) atoms. The van der Waals surface area contributed by atoms with Crippen molar-refractivity contribution in [1.82, 2.24) is 10.3 Å². The highest BCUT2D eigenvalue weighted by molar-refractivity contribution is 6.30. The minimum atomic E-state index is -0.489. The van der Waals surface area contributed by atoms with Gasteiger partial charge in [0.1, 0.15) is 0 Å². The highest BCUT2D eigenvalue weighted by Gasteiger charge is 2.15. The first-order chi connectivity index (χ1) is 12.1. The molecule has 5 nitrogen and oxygen atoms in total. The Kier molecular flexibility index (Phi) is 5.16. The number of nitrogens with two attached hydrogens (primary N) is 1. The lowest BCUT2D eigenvalue weighted by Crippen LogP contribution is -2.23. The summed E-state index contributed by atoms with van der Waals surface area (Å²) in [7, 11) is 1.90. The topological polar surface area (TPSA) is 80.0 Å². The zero-order valence-electron chi connectivity index (χ0n) is 13.8. The molecule has 3 aromatic rings. The van der Waals surface area contributed by atoms with Gasteiger partial charge in [0, 0.05) is 28.8 Å². The van der Waals surface area contributed by atoms with Gasteiger partial charge in [0.05, 0.1) is 17.1 Å². The first kappa shape index (κ1) is 17.2. The molecule has 0 saturated carbocycles. The standard InChI is InChI=1S/C19H19ClN4O/c1-22-11-17(12-4-2-5-13(20)10-12)24-16-8-9-23-18-14(16)6-3-7-15(18)19(21)25/h2-10,17,22H,11H2,1H3,(H2,21,25)(H,23,24). The van der Waals surface area contributed by atoms with E-state index in [1.165, 1.54) is 0 Å². The summed E-state index contributed by atoms with van der Waals surface area (Å²) in [5.74, 6) is -0.489. The Labute approximate surface area is 151 Å². The smallest absolute Gasteiger partial charge is 0.250 e. The lowest BCUT2D eigenvalue weighted by atomic mass is 10.0. The van der Waals surface area contributed by atoms with Crippen molar-refractivity contribution >= 4 is 34.1 Å². The number of aromatic nitrogens is 1. The number of amides is 1. The second-order valence-electron chi connectivity index (χ2n) is 5.73. The van der Waals surface area contributed by atoms with E-state index in [2.05, 4.69) is 15.6 Å². The maximum absolute atomic E-state index is 11.6. The van der Waals surface area contributed by atoms with Crippen LogP contribution in [0.25, 0.3) is 10.9 Å². The molecule has 4 N–H and O–H groups in total. The molecular weight excluding hydrogens is 336 g/mol. The number of benzene rings is 2. The Morgan fingerprint density at radius 1 is 1.24 bits per heavy atom. The summed E-state index contributed by atoms with van der Waals surface area (Å²) in [4.78, 5) is 16.0. The second kappa shape index (κ2) is 7.51. The van der Waals surface area contributed by atoms with Gasteiger partial charge in [0.2, 0.25) is 0 Å². The lowest BCUT2D eigenvalue weighted by molar-refractivity contribution is 0.100. The number of para-hydroxylation sites is 1. The van der Waals surface area contributed by atoms with E-state index in [9.17, 15) is 4.79 Å². The maximum atomic E-state index is 11.6. The summed E-state index contributed by atoms with van der Waals surface area (Å²) in [6, 6.07) is 15.1. The van der Waals surface area contributed by atoms with Crippen LogP contribution < -0.4 is 16.4 Å². The molecule has 0 aliphatic rings. The molecule has 0 aliphatic carbocycles. The largest absolute Gasteiger partial charge is 0.376 e. The number of nitrogens with one attached hydrogen (secondary N) is 2. The summed E-state index contributed by atoms with van der Waals surface area (Å²) >= 11 is 6.13. The van der Waals surface area contributed by atoms with Crippen molar-refractivity contribution < 1.29 is 4.79 Å².